The van der Waals surface area contributed by atoms with Gasteiger partial charge in [-0.3, -0.25) is 4.98 Å². The van der Waals surface area contributed by atoms with Crippen LogP contribution in [0.15, 0.2) is 53.4 Å². The molecule has 2 aromatic heterocycles. The van der Waals surface area contributed by atoms with Gasteiger partial charge in [-0.1, -0.05) is 17.7 Å². The molecule has 0 aliphatic rings. The van der Waals surface area contributed by atoms with Crippen molar-refractivity contribution >= 4 is 23.3 Å². The third-order valence-electron chi connectivity index (χ3n) is 2.94. The number of nitrogens with zero attached hydrogens (tertiary/aromatic N) is 3. The van der Waals surface area contributed by atoms with Crippen LogP contribution in [0.2, 0.25) is 5.02 Å². The summed E-state index contributed by atoms with van der Waals surface area (Å²) in [5.41, 5.74) is 2.00. The molecular formula is C15H12ClN5O2. The lowest BCUT2D eigenvalue weighted by molar-refractivity contribution is 0.251. The van der Waals surface area contributed by atoms with Crippen LogP contribution in [0.3, 0.4) is 0 Å². The second kappa shape index (κ2) is 6.89. The van der Waals surface area contributed by atoms with Gasteiger partial charge in [0.25, 0.3) is 0 Å². The molecule has 0 spiro atoms. The Bertz CT molecular complexity index is 807. The second-order valence-electron chi connectivity index (χ2n) is 4.60. The van der Waals surface area contributed by atoms with Crippen LogP contribution in [-0.4, -0.2) is 21.2 Å². The number of carbonyl (C=O) groups is 1. The Kier molecular flexibility index (Phi) is 4.49. The van der Waals surface area contributed by atoms with E-state index in [9.17, 15) is 4.79 Å². The van der Waals surface area contributed by atoms with Gasteiger partial charge in [-0.2, -0.15) is 0 Å². The summed E-state index contributed by atoms with van der Waals surface area (Å²) in [5, 5.41) is 13.5. The highest BCUT2D eigenvalue weighted by molar-refractivity contribution is 6.30. The lowest BCUT2D eigenvalue weighted by Crippen LogP contribution is -2.28. The van der Waals surface area contributed by atoms with Crippen LogP contribution in [0.1, 0.15) is 5.69 Å². The molecule has 7 nitrogen and oxygen atoms in total. The van der Waals surface area contributed by atoms with Crippen LogP contribution < -0.4 is 10.6 Å². The van der Waals surface area contributed by atoms with Crippen molar-refractivity contribution < 1.29 is 9.21 Å². The number of anilines is 1. The van der Waals surface area contributed by atoms with Gasteiger partial charge in [0.05, 0.1) is 12.2 Å². The van der Waals surface area contributed by atoms with Crippen molar-refractivity contribution in [2.45, 2.75) is 6.54 Å². The molecule has 0 radical (unpaired) electrons. The highest BCUT2D eigenvalue weighted by Crippen LogP contribution is 2.20. The standard InChI is InChI=1S/C15H12ClN5O2/c16-11-4-5-17-13(7-11)8-18-15(22)20-12-3-1-2-10(6-12)14-21-19-9-23-14/h1-7,9H,8H2,(H2,18,20,22). The topological polar surface area (TPSA) is 92.9 Å². The first-order valence-corrected chi connectivity index (χ1v) is 7.10. The molecule has 0 saturated heterocycles. The first kappa shape index (κ1) is 15.0. The van der Waals surface area contributed by atoms with E-state index in [0.717, 1.165) is 5.56 Å². The van der Waals surface area contributed by atoms with Crippen LogP contribution in [0, 0.1) is 0 Å². The fourth-order valence-corrected chi connectivity index (χ4v) is 2.10. The monoisotopic (exact) mass is 329 g/mol. The summed E-state index contributed by atoms with van der Waals surface area (Å²) < 4.78 is 5.12. The number of aromatic nitrogens is 3. The summed E-state index contributed by atoms with van der Waals surface area (Å²) in [6.07, 6.45) is 2.84. The molecule has 8 heteroatoms. The summed E-state index contributed by atoms with van der Waals surface area (Å²) in [6, 6.07) is 10.1. The molecule has 3 rings (SSSR count). The Balaban J connectivity index is 1.61. The Labute approximate surface area is 136 Å². The van der Waals surface area contributed by atoms with Gasteiger partial charge in [-0.15, -0.1) is 10.2 Å². The van der Waals surface area contributed by atoms with Crippen molar-refractivity contribution in [3.8, 4) is 11.5 Å². The number of urea groups is 1. The van der Waals surface area contributed by atoms with Gasteiger partial charge in [-0.05, 0) is 30.3 Å². The van der Waals surface area contributed by atoms with E-state index in [0.29, 0.717) is 22.3 Å². The minimum absolute atomic E-state index is 0.274. The lowest BCUT2D eigenvalue weighted by Gasteiger charge is -2.08. The van der Waals surface area contributed by atoms with Crippen molar-refractivity contribution in [3.05, 3.63) is 59.7 Å². The Morgan fingerprint density at radius 1 is 1.26 bits per heavy atom. The van der Waals surface area contributed by atoms with Crippen molar-refractivity contribution in [2.24, 2.45) is 0 Å². The first-order valence-electron chi connectivity index (χ1n) is 6.72. The highest BCUT2D eigenvalue weighted by atomic mass is 35.5. The number of hydrogen-bond acceptors (Lipinski definition) is 5. The van der Waals surface area contributed by atoms with Gasteiger partial charge in [0.2, 0.25) is 12.3 Å². The van der Waals surface area contributed by atoms with Crippen LogP contribution in [-0.2, 0) is 6.54 Å². The number of nitrogens with one attached hydrogen (secondary N) is 2. The van der Waals surface area contributed by atoms with E-state index < -0.39 is 0 Å². The van der Waals surface area contributed by atoms with Crippen molar-refractivity contribution in [1.82, 2.24) is 20.5 Å². The molecule has 0 fully saturated rings. The van der Waals surface area contributed by atoms with Crippen molar-refractivity contribution in [3.63, 3.8) is 0 Å². The van der Waals surface area contributed by atoms with E-state index in [4.69, 9.17) is 16.0 Å². The van der Waals surface area contributed by atoms with Crippen LogP contribution >= 0.6 is 11.6 Å². The van der Waals surface area contributed by atoms with Crippen molar-refractivity contribution in [1.29, 1.82) is 0 Å². The molecule has 0 bridgehead atoms. The third kappa shape index (κ3) is 4.04. The van der Waals surface area contributed by atoms with E-state index in [1.165, 1.54) is 6.39 Å². The first-order chi connectivity index (χ1) is 11.2. The number of hydrogen-bond donors (Lipinski definition) is 2. The summed E-state index contributed by atoms with van der Waals surface area (Å²) in [4.78, 5) is 16.0. The summed E-state index contributed by atoms with van der Waals surface area (Å²) >= 11 is 5.87. The zero-order valence-electron chi connectivity index (χ0n) is 11.9. The van der Waals surface area contributed by atoms with Crippen molar-refractivity contribution in [2.75, 3.05) is 5.32 Å². The molecule has 0 saturated carbocycles. The number of amides is 2. The van der Waals surface area contributed by atoms with Gasteiger partial charge >= 0.3 is 6.03 Å². The minimum atomic E-state index is -0.352. The third-order valence-corrected chi connectivity index (χ3v) is 3.17. The highest BCUT2D eigenvalue weighted by Gasteiger charge is 2.07. The minimum Gasteiger partial charge on any atom is -0.423 e. The zero-order chi connectivity index (χ0) is 16.1. The van der Waals surface area contributed by atoms with Gasteiger partial charge < -0.3 is 15.1 Å². The zero-order valence-corrected chi connectivity index (χ0v) is 12.6. The van der Waals surface area contributed by atoms with Gasteiger partial charge in [-0.25, -0.2) is 4.79 Å². The van der Waals surface area contributed by atoms with E-state index >= 15 is 0 Å². The van der Waals surface area contributed by atoms with Crippen LogP contribution in [0.25, 0.3) is 11.5 Å². The number of rotatable bonds is 4. The number of halogens is 1. The molecule has 1 aromatic carbocycles. The van der Waals surface area contributed by atoms with Crippen LogP contribution in [0.5, 0.6) is 0 Å². The predicted molar refractivity (Wildman–Crippen MR) is 84.8 cm³/mol. The molecule has 2 heterocycles. The molecule has 0 unspecified atom stereocenters. The smallest absolute Gasteiger partial charge is 0.319 e. The van der Waals surface area contributed by atoms with Gasteiger partial charge in [0.15, 0.2) is 0 Å². The molecule has 3 aromatic rings. The summed E-state index contributed by atoms with van der Waals surface area (Å²) in [6.45, 7) is 0.274. The quantitative estimate of drug-likeness (QED) is 0.767. The number of benzene rings is 1. The number of pyridine rings is 1. The summed E-state index contributed by atoms with van der Waals surface area (Å²) in [5.74, 6) is 0.386. The molecule has 116 valence electrons. The average Bonchev–Trinajstić information content (AvgIpc) is 3.08. The Morgan fingerprint density at radius 3 is 2.96 bits per heavy atom. The Hall–Kier alpha value is -2.93. The maximum atomic E-state index is 11.9. The normalized spacial score (nSPS) is 10.3. The van der Waals surface area contributed by atoms with E-state index in [1.807, 2.05) is 6.07 Å². The van der Waals surface area contributed by atoms with E-state index in [-0.39, 0.29) is 12.6 Å². The van der Waals surface area contributed by atoms with Crippen LogP contribution in [0.4, 0.5) is 10.5 Å². The largest absolute Gasteiger partial charge is 0.423 e. The van der Waals surface area contributed by atoms with Gasteiger partial charge in [0, 0.05) is 22.5 Å². The van der Waals surface area contributed by atoms with Gasteiger partial charge in [0.1, 0.15) is 0 Å². The summed E-state index contributed by atoms with van der Waals surface area (Å²) in [7, 11) is 0. The fraction of sp³-hybridized carbons (Fsp3) is 0.0667. The Morgan fingerprint density at radius 2 is 2.17 bits per heavy atom. The fourth-order valence-electron chi connectivity index (χ4n) is 1.92. The molecular weight excluding hydrogens is 318 g/mol. The molecule has 0 aliphatic carbocycles. The van der Waals surface area contributed by atoms with E-state index in [1.54, 1.807) is 36.5 Å². The maximum absolute atomic E-state index is 11.9. The molecule has 23 heavy (non-hydrogen) atoms. The number of carbonyl (C=O) groups excluding carboxylic acids is 1. The molecule has 0 atom stereocenters. The second-order valence-corrected chi connectivity index (χ2v) is 5.03. The molecule has 0 aliphatic heterocycles. The predicted octanol–water partition coefficient (Wildman–Crippen LogP) is 3.11. The average molecular weight is 330 g/mol. The molecule has 2 amide bonds. The lowest BCUT2D eigenvalue weighted by atomic mass is 10.2. The molecule has 2 N–H and O–H groups in total. The maximum Gasteiger partial charge on any atom is 0.319 e. The van der Waals surface area contributed by atoms with E-state index in [2.05, 4.69) is 25.8 Å². The SMILES string of the molecule is O=C(NCc1cc(Cl)ccn1)Nc1cccc(-c2nnco2)c1.